The van der Waals surface area contributed by atoms with Crippen LogP contribution >= 0.6 is 0 Å². The fourth-order valence-electron chi connectivity index (χ4n) is 2.40. The molecule has 64 valence electrons. The predicted octanol–water partition coefficient (Wildman–Crippen LogP) is 1.02. The van der Waals surface area contributed by atoms with E-state index in [0.717, 1.165) is 19.1 Å². The van der Waals surface area contributed by atoms with Crippen molar-refractivity contribution in [3.05, 3.63) is 0 Å². The minimum atomic E-state index is 0.535. The predicted molar refractivity (Wildman–Crippen MR) is 44.5 cm³/mol. The van der Waals surface area contributed by atoms with Crippen molar-refractivity contribution in [2.75, 3.05) is 26.3 Å². The lowest BCUT2D eigenvalue weighted by atomic mass is 9.69. The lowest BCUT2D eigenvalue weighted by Crippen LogP contribution is -2.57. The van der Waals surface area contributed by atoms with Crippen LogP contribution in [0.4, 0.5) is 0 Å². The molecule has 2 fully saturated rings. The monoisotopic (exact) mass is 155 g/mol. The second kappa shape index (κ2) is 2.76. The molecular weight excluding hydrogens is 138 g/mol. The van der Waals surface area contributed by atoms with Gasteiger partial charge in [0, 0.05) is 12.0 Å². The van der Waals surface area contributed by atoms with Crippen molar-refractivity contribution in [3.63, 3.8) is 0 Å². The number of nitrogens with one attached hydrogen (secondary N) is 1. The van der Waals surface area contributed by atoms with Crippen molar-refractivity contribution in [3.8, 4) is 0 Å². The highest BCUT2D eigenvalue weighted by molar-refractivity contribution is 4.95. The van der Waals surface area contributed by atoms with E-state index in [1.165, 1.54) is 25.9 Å². The summed E-state index contributed by atoms with van der Waals surface area (Å²) in [6.07, 6.45) is 2.67. The Balaban J connectivity index is 2.02. The zero-order valence-electron chi connectivity index (χ0n) is 7.23. The van der Waals surface area contributed by atoms with Gasteiger partial charge in [-0.05, 0) is 18.9 Å². The van der Waals surface area contributed by atoms with Crippen molar-refractivity contribution >= 4 is 0 Å². The Morgan fingerprint density at radius 1 is 1.55 bits per heavy atom. The fraction of sp³-hybridized carbons (Fsp3) is 1.00. The van der Waals surface area contributed by atoms with Gasteiger partial charge in [0.25, 0.3) is 0 Å². The van der Waals surface area contributed by atoms with Gasteiger partial charge < -0.3 is 10.1 Å². The summed E-state index contributed by atoms with van der Waals surface area (Å²) in [5, 5.41) is 3.46. The molecule has 0 amide bonds. The second-order valence-corrected chi connectivity index (χ2v) is 3.93. The van der Waals surface area contributed by atoms with Crippen LogP contribution in [0, 0.1) is 11.3 Å². The van der Waals surface area contributed by atoms with Crippen LogP contribution in [-0.2, 0) is 4.74 Å². The van der Waals surface area contributed by atoms with Crippen LogP contribution in [0.2, 0.25) is 0 Å². The number of hydrogen-bond acceptors (Lipinski definition) is 2. The third-order valence-corrected chi connectivity index (χ3v) is 3.28. The Morgan fingerprint density at radius 3 is 2.82 bits per heavy atom. The average molecular weight is 155 g/mol. The molecule has 1 atom stereocenters. The number of rotatable bonds is 1. The van der Waals surface area contributed by atoms with Crippen LogP contribution in [0.15, 0.2) is 0 Å². The molecule has 0 aromatic rings. The van der Waals surface area contributed by atoms with Crippen molar-refractivity contribution in [1.82, 2.24) is 5.32 Å². The Morgan fingerprint density at radius 2 is 2.36 bits per heavy atom. The molecule has 1 N–H and O–H groups in total. The third-order valence-electron chi connectivity index (χ3n) is 3.28. The summed E-state index contributed by atoms with van der Waals surface area (Å²) in [4.78, 5) is 0. The van der Waals surface area contributed by atoms with Crippen LogP contribution in [0.1, 0.15) is 19.8 Å². The highest BCUT2D eigenvalue weighted by atomic mass is 16.5. The van der Waals surface area contributed by atoms with E-state index in [2.05, 4.69) is 12.2 Å². The molecule has 0 aromatic carbocycles. The Hall–Kier alpha value is -0.0800. The topological polar surface area (TPSA) is 21.3 Å². The van der Waals surface area contributed by atoms with Crippen LogP contribution in [-0.4, -0.2) is 26.3 Å². The standard InChI is InChI=1S/C9H17NO/c1-2-8-3-4-10-5-9(8)6-11-7-9/h8,10H,2-7H2,1H3. The SMILES string of the molecule is CCC1CCNCC12COC2. The smallest absolute Gasteiger partial charge is 0.0559 e. The Kier molecular flexibility index (Phi) is 1.90. The average Bonchev–Trinajstić information content (AvgIpc) is 2.01. The summed E-state index contributed by atoms with van der Waals surface area (Å²) in [6.45, 7) is 6.69. The summed E-state index contributed by atoms with van der Waals surface area (Å²) < 4.78 is 5.31. The highest BCUT2D eigenvalue weighted by Crippen LogP contribution is 2.40. The van der Waals surface area contributed by atoms with Gasteiger partial charge in [-0.2, -0.15) is 0 Å². The second-order valence-electron chi connectivity index (χ2n) is 3.93. The number of ether oxygens (including phenoxy) is 1. The van der Waals surface area contributed by atoms with E-state index in [0.29, 0.717) is 5.41 Å². The number of piperidine rings is 1. The van der Waals surface area contributed by atoms with E-state index in [-0.39, 0.29) is 0 Å². The maximum Gasteiger partial charge on any atom is 0.0559 e. The molecule has 2 aliphatic rings. The van der Waals surface area contributed by atoms with Crippen LogP contribution in [0.5, 0.6) is 0 Å². The molecule has 2 nitrogen and oxygen atoms in total. The maximum atomic E-state index is 5.31. The van der Waals surface area contributed by atoms with E-state index in [4.69, 9.17) is 4.74 Å². The van der Waals surface area contributed by atoms with Crippen molar-refractivity contribution in [2.24, 2.45) is 11.3 Å². The van der Waals surface area contributed by atoms with E-state index in [1.54, 1.807) is 0 Å². The summed E-state index contributed by atoms with van der Waals surface area (Å²) in [5.41, 5.74) is 0.535. The molecule has 2 heteroatoms. The Labute approximate surface area is 68.3 Å². The molecule has 0 aromatic heterocycles. The van der Waals surface area contributed by atoms with E-state index < -0.39 is 0 Å². The van der Waals surface area contributed by atoms with Crippen molar-refractivity contribution in [2.45, 2.75) is 19.8 Å². The molecule has 2 heterocycles. The minimum absolute atomic E-state index is 0.535. The molecular formula is C9H17NO. The molecule has 2 rings (SSSR count). The third kappa shape index (κ3) is 1.09. The lowest BCUT2D eigenvalue weighted by molar-refractivity contribution is -0.154. The zero-order chi connectivity index (χ0) is 7.73. The van der Waals surface area contributed by atoms with Gasteiger partial charge in [-0.25, -0.2) is 0 Å². The van der Waals surface area contributed by atoms with Gasteiger partial charge in [0.1, 0.15) is 0 Å². The summed E-state index contributed by atoms with van der Waals surface area (Å²) in [5.74, 6) is 0.914. The van der Waals surface area contributed by atoms with Crippen molar-refractivity contribution in [1.29, 1.82) is 0 Å². The minimum Gasteiger partial charge on any atom is -0.380 e. The molecule has 11 heavy (non-hydrogen) atoms. The molecule has 1 spiro atoms. The first kappa shape index (κ1) is 7.56. The zero-order valence-corrected chi connectivity index (χ0v) is 7.23. The first-order valence-corrected chi connectivity index (χ1v) is 4.66. The van der Waals surface area contributed by atoms with Gasteiger partial charge in [-0.3, -0.25) is 0 Å². The molecule has 1 unspecified atom stereocenters. The van der Waals surface area contributed by atoms with E-state index in [9.17, 15) is 0 Å². The van der Waals surface area contributed by atoms with Crippen molar-refractivity contribution < 1.29 is 4.74 Å². The van der Waals surface area contributed by atoms with Gasteiger partial charge in [0.2, 0.25) is 0 Å². The quantitative estimate of drug-likeness (QED) is 0.610. The lowest BCUT2D eigenvalue weighted by Gasteiger charge is -2.50. The molecule has 0 bridgehead atoms. The Bertz CT molecular complexity index is 142. The summed E-state index contributed by atoms with van der Waals surface area (Å²) >= 11 is 0. The fourth-order valence-corrected chi connectivity index (χ4v) is 2.40. The van der Waals surface area contributed by atoms with Gasteiger partial charge in [0.05, 0.1) is 13.2 Å². The van der Waals surface area contributed by atoms with Crippen LogP contribution in [0.25, 0.3) is 0 Å². The van der Waals surface area contributed by atoms with E-state index >= 15 is 0 Å². The molecule has 2 saturated heterocycles. The first-order chi connectivity index (χ1) is 5.37. The highest BCUT2D eigenvalue weighted by Gasteiger charge is 2.45. The summed E-state index contributed by atoms with van der Waals surface area (Å²) in [7, 11) is 0. The maximum absolute atomic E-state index is 5.31. The normalized spacial score (nSPS) is 35.2. The van der Waals surface area contributed by atoms with Crippen LogP contribution in [0.3, 0.4) is 0 Å². The van der Waals surface area contributed by atoms with Gasteiger partial charge in [-0.1, -0.05) is 13.3 Å². The molecule has 0 aliphatic carbocycles. The first-order valence-electron chi connectivity index (χ1n) is 4.66. The summed E-state index contributed by atoms with van der Waals surface area (Å²) in [6, 6.07) is 0. The molecule has 2 aliphatic heterocycles. The van der Waals surface area contributed by atoms with Gasteiger partial charge in [0.15, 0.2) is 0 Å². The van der Waals surface area contributed by atoms with Gasteiger partial charge in [-0.15, -0.1) is 0 Å². The van der Waals surface area contributed by atoms with Crippen LogP contribution < -0.4 is 5.32 Å². The molecule has 0 radical (unpaired) electrons. The van der Waals surface area contributed by atoms with E-state index in [1.807, 2.05) is 0 Å². The largest absolute Gasteiger partial charge is 0.380 e. The molecule has 0 saturated carbocycles. The van der Waals surface area contributed by atoms with Gasteiger partial charge >= 0.3 is 0 Å². The number of hydrogen-bond donors (Lipinski definition) is 1.